The van der Waals surface area contributed by atoms with E-state index < -0.39 is 6.09 Å². The summed E-state index contributed by atoms with van der Waals surface area (Å²) in [7, 11) is 0. The maximum Gasteiger partial charge on any atom is 0.418 e. The third kappa shape index (κ3) is 2.91. The first-order valence-electron chi connectivity index (χ1n) is 7.01. The van der Waals surface area contributed by atoms with Crippen LogP contribution in [0.2, 0.25) is 0 Å². The molecule has 0 spiro atoms. The number of para-hydroxylation sites is 1. The lowest BCUT2D eigenvalue weighted by Crippen LogP contribution is -2.19. The highest BCUT2D eigenvalue weighted by Gasteiger charge is 2.21. The van der Waals surface area contributed by atoms with Gasteiger partial charge < -0.3 is 9.47 Å². The third-order valence-electron chi connectivity index (χ3n) is 3.32. The summed E-state index contributed by atoms with van der Waals surface area (Å²) in [6.45, 7) is 6.00. The van der Waals surface area contributed by atoms with Crippen LogP contribution in [-0.2, 0) is 20.7 Å². The zero-order valence-corrected chi connectivity index (χ0v) is 12.5. The van der Waals surface area contributed by atoms with Crippen LogP contribution in [0.1, 0.15) is 25.1 Å². The van der Waals surface area contributed by atoms with Crippen LogP contribution >= 0.6 is 0 Å². The minimum Gasteiger partial charge on any atom is -0.466 e. The van der Waals surface area contributed by atoms with Gasteiger partial charge in [-0.05, 0) is 32.4 Å². The summed E-state index contributed by atoms with van der Waals surface area (Å²) < 4.78 is 11.6. The van der Waals surface area contributed by atoms with Crippen molar-refractivity contribution in [2.24, 2.45) is 0 Å². The van der Waals surface area contributed by atoms with Crippen LogP contribution in [0.4, 0.5) is 4.79 Å². The number of rotatable bonds is 4. The molecule has 0 aliphatic heterocycles. The summed E-state index contributed by atoms with van der Waals surface area (Å²) in [4.78, 5) is 24.0. The van der Waals surface area contributed by atoms with Gasteiger partial charge in [-0.25, -0.2) is 9.36 Å². The molecule has 0 bridgehead atoms. The van der Waals surface area contributed by atoms with Crippen LogP contribution in [0.5, 0.6) is 0 Å². The standard InChI is InChI=1S/C16H19NO4/c1-4-20-15(18)10-14-11(3)12-8-6-7-9-13(12)17(14)16(19)21-5-2/h6-9H,4-5,10H2,1-3H3. The average Bonchev–Trinajstić information content (AvgIpc) is 2.73. The molecule has 0 atom stereocenters. The zero-order chi connectivity index (χ0) is 15.4. The molecule has 1 heterocycles. The highest BCUT2D eigenvalue weighted by molar-refractivity contribution is 5.94. The monoisotopic (exact) mass is 289 g/mol. The van der Waals surface area contributed by atoms with Gasteiger partial charge in [0.05, 0.1) is 25.2 Å². The molecule has 0 N–H and O–H groups in total. The van der Waals surface area contributed by atoms with Crippen molar-refractivity contribution < 1.29 is 19.1 Å². The fraction of sp³-hybridized carbons (Fsp3) is 0.375. The fourth-order valence-electron chi connectivity index (χ4n) is 2.41. The maximum atomic E-state index is 12.2. The summed E-state index contributed by atoms with van der Waals surface area (Å²) in [5.74, 6) is -0.353. The molecule has 0 aliphatic carbocycles. The fourth-order valence-corrected chi connectivity index (χ4v) is 2.41. The Labute approximate surface area is 123 Å². The van der Waals surface area contributed by atoms with E-state index in [-0.39, 0.29) is 19.0 Å². The Morgan fingerprint density at radius 1 is 1.10 bits per heavy atom. The van der Waals surface area contributed by atoms with E-state index in [1.54, 1.807) is 13.8 Å². The molecule has 0 amide bonds. The highest BCUT2D eigenvalue weighted by Crippen LogP contribution is 2.26. The molecule has 0 saturated heterocycles. The second-order valence-electron chi connectivity index (χ2n) is 4.60. The first kappa shape index (κ1) is 15.1. The van der Waals surface area contributed by atoms with E-state index in [0.717, 1.165) is 16.5 Å². The largest absolute Gasteiger partial charge is 0.466 e. The molecule has 112 valence electrons. The molecule has 5 nitrogen and oxygen atoms in total. The number of benzene rings is 1. The topological polar surface area (TPSA) is 57.5 Å². The van der Waals surface area contributed by atoms with E-state index in [4.69, 9.17) is 9.47 Å². The van der Waals surface area contributed by atoms with Gasteiger partial charge in [0.25, 0.3) is 0 Å². The van der Waals surface area contributed by atoms with Crippen LogP contribution in [0, 0.1) is 6.92 Å². The number of nitrogens with zero attached hydrogens (tertiary/aromatic N) is 1. The lowest BCUT2D eigenvalue weighted by molar-refractivity contribution is -0.142. The van der Waals surface area contributed by atoms with E-state index in [1.165, 1.54) is 4.57 Å². The second kappa shape index (κ2) is 6.43. The van der Waals surface area contributed by atoms with E-state index in [2.05, 4.69) is 0 Å². The molecule has 0 radical (unpaired) electrons. The van der Waals surface area contributed by atoms with Gasteiger partial charge in [0, 0.05) is 11.1 Å². The number of aromatic nitrogens is 1. The van der Waals surface area contributed by atoms with Crippen molar-refractivity contribution in [3.05, 3.63) is 35.5 Å². The summed E-state index contributed by atoms with van der Waals surface area (Å²) in [6, 6.07) is 7.52. The number of carbonyl (C=O) groups is 2. The molecule has 0 unspecified atom stereocenters. The van der Waals surface area contributed by atoms with Gasteiger partial charge in [-0.2, -0.15) is 0 Å². The summed E-state index contributed by atoms with van der Waals surface area (Å²) >= 11 is 0. The van der Waals surface area contributed by atoms with Crippen molar-refractivity contribution in [3.8, 4) is 0 Å². The lowest BCUT2D eigenvalue weighted by atomic mass is 10.1. The van der Waals surface area contributed by atoms with Crippen molar-refractivity contribution in [3.63, 3.8) is 0 Å². The van der Waals surface area contributed by atoms with Crippen molar-refractivity contribution in [2.75, 3.05) is 13.2 Å². The Hall–Kier alpha value is -2.30. The minimum atomic E-state index is -0.471. The number of hydrogen-bond acceptors (Lipinski definition) is 4. The number of esters is 1. The number of ether oxygens (including phenoxy) is 2. The zero-order valence-electron chi connectivity index (χ0n) is 12.5. The Morgan fingerprint density at radius 2 is 1.76 bits per heavy atom. The van der Waals surface area contributed by atoms with Crippen LogP contribution in [-0.4, -0.2) is 29.8 Å². The van der Waals surface area contributed by atoms with Crippen LogP contribution in [0.15, 0.2) is 24.3 Å². The first-order valence-corrected chi connectivity index (χ1v) is 7.01. The summed E-state index contributed by atoms with van der Waals surface area (Å²) in [6.07, 6.45) is -0.422. The smallest absolute Gasteiger partial charge is 0.418 e. The predicted octanol–water partition coefficient (Wildman–Crippen LogP) is 3.06. The Bertz CT molecular complexity index is 672. The number of aryl methyl sites for hydroxylation is 1. The van der Waals surface area contributed by atoms with E-state index in [0.29, 0.717) is 12.3 Å². The SMILES string of the molecule is CCOC(=O)Cc1c(C)c2ccccc2n1C(=O)OCC. The van der Waals surface area contributed by atoms with Crippen molar-refractivity contribution in [1.82, 2.24) is 4.57 Å². The molecule has 1 aromatic heterocycles. The van der Waals surface area contributed by atoms with Crippen molar-refractivity contribution >= 4 is 23.0 Å². The average molecular weight is 289 g/mol. The first-order chi connectivity index (χ1) is 10.1. The molecule has 0 fully saturated rings. The van der Waals surface area contributed by atoms with Gasteiger partial charge in [-0.1, -0.05) is 18.2 Å². The van der Waals surface area contributed by atoms with E-state index >= 15 is 0 Å². The molecule has 5 heteroatoms. The summed E-state index contributed by atoms with van der Waals surface area (Å²) in [5, 5.41) is 0.935. The van der Waals surface area contributed by atoms with E-state index in [1.807, 2.05) is 31.2 Å². The van der Waals surface area contributed by atoms with Gasteiger partial charge in [0.1, 0.15) is 0 Å². The number of carbonyl (C=O) groups excluding carboxylic acids is 2. The Morgan fingerprint density at radius 3 is 2.43 bits per heavy atom. The van der Waals surface area contributed by atoms with E-state index in [9.17, 15) is 9.59 Å². The van der Waals surface area contributed by atoms with Crippen LogP contribution in [0.25, 0.3) is 10.9 Å². The Balaban J connectivity index is 2.55. The molecule has 1 aromatic carbocycles. The maximum absolute atomic E-state index is 12.2. The van der Waals surface area contributed by atoms with Crippen LogP contribution < -0.4 is 0 Å². The van der Waals surface area contributed by atoms with Gasteiger partial charge in [0.15, 0.2) is 0 Å². The highest BCUT2D eigenvalue weighted by atomic mass is 16.5. The number of hydrogen-bond donors (Lipinski definition) is 0. The van der Waals surface area contributed by atoms with Crippen molar-refractivity contribution in [1.29, 1.82) is 0 Å². The molecule has 21 heavy (non-hydrogen) atoms. The van der Waals surface area contributed by atoms with Gasteiger partial charge in [0.2, 0.25) is 0 Å². The van der Waals surface area contributed by atoms with Crippen LogP contribution in [0.3, 0.4) is 0 Å². The normalized spacial score (nSPS) is 10.6. The predicted molar refractivity (Wildman–Crippen MR) is 79.4 cm³/mol. The quantitative estimate of drug-likeness (QED) is 0.812. The Kier molecular flexibility index (Phi) is 4.62. The van der Waals surface area contributed by atoms with Gasteiger partial charge in [-0.3, -0.25) is 4.79 Å². The van der Waals surface area contributed by atoms with Crippen molar-refractivity contribution in [2.45, 2.75) is 27.2 Å². The molecule has 0 aliphatic rings. The van der Waals surface area contributed by atoms with Gasteiger partial charge in [-0.15, -0.1) is 0 Å². The number of fused-ring (bicyclic) bond motifs is 1. The lowest BCUT2D eigenvalue weighted by Gasteiger charge is -2.09. The third-order valence-corrected chi connectivity index (χ3v) is 3.32. The molecule has 2 rings (SSSR count). The molecular weight excluding hydrogens is 270 g/mol. The molecule has 2 aromatic rings. The molecular formula is C16H19NO4. The summed E-state index contributed by atoms with van der Waals surface area (Å²) in [5.41, 5.74) is 2.26. The molecule has 0 saturated carbocycles. The second-order valence-corrected chi connectivity index (χ2v) is 4.60. The minimum absolute atomic E-state index is 0.0488. The van der Waals surface area contributed by atoms with Gasteiger partial charge >= 0.3 is 12.1 Å².